The summed E-state index contributed by atoms with van der Waals surface area (Å²) in [5.41, 5.74) is 4.73. The van der Waals surface area contributed by atoms with E-state index < -0.39 is 6.29 Å². The quantitative estimate of drug-likeness (QED) is 0.347. The number of rotatable bonds is 9. The summed E-state index contributed by atoms with van der Waals surface area (Å²) in [6, 6.07) is 22.4. The summed E-state index contributed by atoms with van der Waals surface area (Å²) in [6.07, 6.45) is 0.520. The zero-order valence-electron chi connectivity index (χ0n) is 22.7. The lowest BCUT2D eigenvalue weighted by Crippen LogP contribution is -2.38. The Morgan fingerprint density at radius 1 is 0.975 bits per heavy atom. The van der Waals surface area contributed by atoms with Crippen molar-refractivity contribution in [2.24, 2.45) is 0 Å². The molecule has 8 nitrogen and oxygen atoms in total. The molecule has 2 aliphatic heterocycles. The SMILES string of the molecule is CC(=O)c1cccc(NC(=O)Cc2ccc(C3OC(CN4CCC(O)C4)CC(c4ccc(CO)cc4)O3)cc2)c1. The number of carbonyl (C=O) groups is 2. The first-order valence-corrected chi connectivity index (χ1v) is 13.8. The molecule has 40 heavy (non-hydrogen) atoms. The van der Waals surface area contributed by atoms with Crippen LogP contribution in [0.5, 0.6) is 0 Å². The number of hydrogen-bond donors (Lipinski definition) is 3. The lowest BCUT2D eigenvalue weighted by molar-refractivity contribution is -0.252. The van der Waals surface area contributed by atoms with Crippen LogP contribution in [0.15, 0.2) is 72.8 Å². The molecule has 0 saturated carbocycles. The van der Waals surface area contributed by atoms with Crippen LogP contribution in [-0.4, -0.2) is 58.6 Å². The largest absolute Gasteiger partial charge is 0.392 e. The molecule has 2 fully saturated rings. The normalized spacial score (nSPS) is 23.2. The maximum Gasteiger partial charge on any atom is 0.228 e. The second-order valence-corrected chi connectivity index (χ2v) is 10.7. The van der Waals surface area contributed by atoms with E-state index in [0.717, 1.165) is 35.2 Å². The van der Waals surface area contributed by atoms with Crippen molar-refractivity contribution in [3.8, 4) is 0 Å². The van der Waals surface area contributed by atoms with Gasteiger partial charge in [0.05, 0.1) is 31.3 Å². The summed E-state index contributed by atoms with van der Waals surface area (Å²) >= 11 is 0. The molecule has 2 saturated heterocycles. The molecule has 2 aliphatic rings. The maximum absolute atomic E-state index is 12.6. The second kappa shape index (κ2) is 12.8. The van der Waals surface area contributed by atoms with Crippen molar-refractivity contribution >= 4 is 17.4 Å². The number of Topliss-reactive ketones (excluding diaryl/α,β-unsaturated/α-hetero) is 1. The standard InChI is InChI=1S/C32H36N2O6/c1-21(36)26-3-2-4-27(16-26)33-31(38)15-22-5-11-25(12-6-22)32-39-29(19-34-14-13-28(37)18-34)17-30(40-32)24-9-7-23(20-35)8-10-24/h2-12,16,28-30,32,35,37H,13-15,17-20H2,1H3,(H,33,38). The topological polar surface area (TPSA) is 108 Å². The zero-order chi connectivity index (χ0) is 28.1. The lowest BCUT2D eigenvalue weighted by Gasteiger charge is -2.37. The minimum atomic E-state index is -0.578. The van der Waals surface area contributed by atoms with Crippen molar-refractivity contribution in [3.05, 3.63) is 101 Å². The van der Waals surface area contributed by atoms with Gasteiger partial charge in [-0.2, -0.15) is 0 Å². The Kier molecular flexibility index (Phi) is 9.04. The number of aliphatic hydroxyl groups is 2. The Morgan fingerprint density at radius 2 is 1.70 bits per heavy atom. The van der Waals surface area contributed by atoms with Gasteiger partial charge >= 0.3 is 0 Å². The minimum Gasteiger partial charge on any atom is -0.392 e. The molecule has 5 rings (SSSR count). The number of anilines is 1. The van der Waals surface area contributed by atoms with E-state index in [-0.39, 0.29) is 43.0 Å². The predicted molar refractivity (Wildman–Crippen MR) is 151 cm³/mol. The molecule has 1 amide bonds. The van der Waals surface area contributed by atoms with Crippen LogP contribution in [0.2, 0.25) is 0 Å². The number of benzene rings is 3. The number of amides is 1. The number of ether oxygens (including phenoxy) is 2. The highest BCUT2D eigenvalue weighted by molar-refractivity contribution is 5.97. The van der Waals surface area contributed by atoms with E-state index in [1.54, 1.807) is 24.3 Å². The molecule has 0 radical (unpaired) electrons. The molecule has 8 heteroatoms. The Labute approximate surface area is 234 Å². The van der Waals surface area contributed by atoms with Crippen LogP contribution >= 0.6 is 0 Å². The van der Waals surface area contributed by atoms with Crippen molar-refractivity contribution < 1.29 is 29.3 Å². The van der Waals surface area contributed by atoms with Crippen molar-refractivity contribution in [1.82, 2.24) is 4.90 Å². The fraction of sp³-hybridized carbons (Fsp3) is 0.375. The predicted octanol–water partition coefficient (Wildman–Crippen LogP) is 4.17. The third-order valence-corrected chi connectivity index (χ3v) is 7.49. The van der Waals surface area contributed by atoms with E-state index >= 15 is 0 Å². The van der Waals surface area contributed by atoms with Gasteiger partial charge in [-0.3, -0.25) is 14.5 Å². The fourth-order valence-corrected chi connectivity index (χ4v) is 5.30. The molecule has 0 spiro atoms. The molecular weight excluding hydrogens is 508 g/mol. The maximum atomic E-state index is 12.6. The van der Waals surface area contributed by atoms with Gasteiger partial charge < -0.3 is 25.0 Å². The van der Waals surface area contributed by atoms with E-state index in [2.05, 4.69) is 10.2 Å². The Hall–Kier alpha value is -3.40. The summed E-state index contributed by atoms with van der Waals surface area (Å²) in [5.74, 6) is -0.221. The lowest BCUT2D eigenvalue weighted by atomic mass is 9.99. The van der Waals surface area contributed by atoms with Crippen LogP contribution in [0.1, 0.15) is 64.8 Å². The fourth-order valence-electron chi connectivity index (χ4n) is 5.30. The Bertz CT molecular complexity index is 1310. The molecule has 3 aromatic carbocycles. The zero-order valence-corrected chi connectivity index (χ0v) is 22.7. The van der Waals surface area contributed by atoms with Crippen LogP contribution in [0.25, 0.3) is 0 Å². The van der Waals surface area contributed by atoms with E-state index in [1.807, 2.05) is 48.5 Å². The van der Waals surface area contributed by atoms with Crippen molar-refractivity contribution in [1.29, 1.82) is 0 Å². The first-order valence-electron chi connectivity index (χ1n) is 13.8. The highest BCUT2D eigenvalue weighted by Gasteiger charge is 2.34. The monoisotopic (exact) mass is 544 g/mol. The van der Waals surface area contributed by atoms with E-state index in [1.165, 1.54) is 6.92 Å². The molecular formula is C32H36N2O6. The molecule has 0 aromatic heterocycles. The van der Waals surface area contributed by atoms with Gasteiger partial charge in [-0.05, 0) is 42.2 Å². The number of likely N-dealkylation sites (tertiary alicyclic amines) is 1. The van der Waals surface area contributed by atoms with Gasteiger partial charge in [-0.1, -0.05) is 60.7 Å². The third kappa shape index (κ3) is 7.21. The van der Waals surface area contributed by atoms with Gasteiger partial charge in [-0.25, -0.2) is 0 Å². The second-order valence-electron chi connectivity index (χ2n) is 10.7. The third-order valence-electron chi connectivity index (χ3n) is 7.49. The number of β-amino-alcohol motifs (C(OH)–C–C–N with tert-alkyl or cyclic N) is 1. The number of ketones is 1. The molecule has 3 aromatic rings. The van der Waals surface area contributed by atoms with Crippen molar-refractivity contribution in [2.45, 2.75) is 57.4 Å². The first kappa shape index (κ1) is 28.1. The molecule has 210 valence electrons. The minimum absolute atomic E-state index is 0.00732. The molecule has 4 unspecified atom stereocenters. The smallest absolute Gasteiger partial charge is 0.228 e. The van der Waals surface area contributed by atoms with Crippen LogP contribution < -0.4 is 5.32 Å². The van der Waals surface area contributed by atoms with Crippen LogP contribution in [-0.2, 0) is 27.3 Å². The van der Waals surface area contributed by atoms with Crippen LogP contribution in [0, 0.1) is 0 Å². The van der Waals surface area contributed by atoms with Crippen LogP contribution in [0.4, 0.5) is 5.69 Å². The highest BCUT2D eigenvalue weighted by atomic mass is 16.7. The molecule has 0 aliphatic carbocycles. The summed E-state index contributed by atoms with van der Waals surface area (Å²) in [7, 11) is 0. The van der Waals surface area contributed by atoms with Gasteiger partial charge in [0.15, 0.2) is 12.1 Å². The number of nitrogens with zero attached hydrogens (tertiary/aromatic N) is 1. The van der Waals surface area contributed by atoms with Gasteiger partial charge in [0.25, 0.3) is 0 Å². The van der Waals surface area contributed by atoms with E-state index in [9.17, 15) is 19.8 Å². The number of carbonyl (C=O) groups excluding carboxylic acids is 2. The molecule has 4 atom stereocenters. The summed E-state index contributed by atoms with van der Waals surface area (Å²) in [4.78, 5) is 26.5. The average molecular weight is 545 g/mol. The Balaban J connectivity index is 1.26. The number of nitrogens with one attached hydrogen (secondary N) is 1. The van der Waals surface area contributed by atoms with Gasteiger partial charge in [-0.15, -0.1) is 0 Å². The highest BCUT2D eigenvalue weighted by Crippen LogP contribution is 2.38. The van der Waals surface area contributed by atoms with E-state index in [4.69, 9.17) is 9.47 Å². The van der Waals surface area contributed by atoms with Gasteiger partial charge in [0, 0.05) is 42.9 Å². The summed E-state index contributed by atoms with van der Waals surface area (Å²) in [6.45, 7) is 3.70. The van der Waals surface area contributed by atoms with E-state index in [0.29, 0.717) is 30.8 Å². The summed E-state index contributed by atoms with van der Waals surface area (Å²) < 4.78 is 12.8. The summed E-state index contributed by atoms with van der Waals surface area (Å²) in [5, 5.41) is 22.3. The Morgan fingerprint density at radius 3 is 2.38 bits per heavy atom. The average Bonchev–Trinajstić information content (AvgIpc) is 3.37. The van der Waals surface area contributed by atoms with Crippen molar-refractivity contribution in [2.75, 3.05) is 25.0 Å². The van der Waals surface area contributed by atoms with Crippen molar-refractivity contribution in [3.63, 3.8) is 0 Å². The molecule has 0 bridgehead atoms. The number of aliphatic hydroxyl groups excluding tert-OH is 2. The van der Waals surface area contributed by atoms with Crippen LogP contribution in [0.3, 0.4) is 0 Å². The van der Waals surface area contributed by atoms with Gasteiger partial charge in [0.1, 0.15) is 0 Å². The molecule has 2 heterocycles. The molecule has 3 N–H and O–H groups in total. The number of hydrogen-bond acceptors (Lipinski definition) is 7. The first-order chi connectivity index (χ1) is 19.4. The van der Waals surface area contributed by atoms with Gasteiger partial charge in [0.2, 0.25) is 5.91 Å².